The lowest BCUT2D eigenvalue weighted by atomic mass is 9.64. The van der Waals surface area contributed by atoms with Crippen LogP contribution in [0.3, 0.4) is 0 Å². The van der Waals surface area contributed by atoms with E-state index in [4.69, 9.17) is 9.47 Å². The minimum Gasteiger partial charge on any atom is -0.508 e. The van der Waals surface area contributed by atoms with Crippen molar-refractivity contribution >= 4 is 30.1 Å². The zero-order valence-corrected chi connectivity index (χ0v) is 21.0. The Hall–Kier alpha value is -3.70. The molecule has 2 amide bonds. The molecule has 10 heteroatoms. The van der Waals surface area contributed by atoms with Crippen LogP contribution in [0.25, 0.3) is 0 Å². The van der Waals surface area contributed by atoms with E-state index in [1.807, 2.05) is 18.2 Å². The van der Waals surface area contributed by atoms with E-state index in [2.05, 4.69) is 0 Å². The van der Waals surface area contributed by atoms with Gasteiger partial charge in [0.05, 0.1) is 30.2 Å². The number of phenols is 1. The number of carbonyl (C=O) groups is 2. The molecule has 2 saturated heterocycles. The molecule has 4 N–H and O–H groups in total. The van der Waals surface area contributed by atoms with Crippen LogP contribution >= 0.6 is 0 Å². The highest BCUT2D eigenvalue weighted by Gasteiger charge is 2.67. The lowest BCUT2D eigenvalue weighted by Gasteiger charge is -2.44. The van der Waals surface area contributed by atoms with Gasteiger partial charge in [0.15, 0.2) is 5.79 Å². The quantitative estimate of drug-likeness (QED) is 0.280. The maximum absolute atomic E-state index is 13.8. The third kappa shape index (κ3) is 4.39. The normalized spacial score (nSPS) is 29.7. The average molecular weight is 529 g/mol. The van der Waals surface area contributed by atoms with E-state index in [1.165, 1.54) is 12.1 Å². The number of anilines is 1. The van der Waals surface area contributed by atoms with Crippen LogP contribution in [0.2, 0.25) is 0 Å². The Balaban J connectivity index is 1.36. The number of amides is 2. The Morgan fingerprint density at radius 3 is 2.46 bits per heavy atom. The van der Waals surface area contributed by atoms with E-state index >= 15 is 0 Å². The highest BCUT2D eigenvalue weighted by Crippen LogP contribution is 2.58. The third-order valence-electron chi connectivity index (χ3n) is 8.23. The van der Waals surface area contributed by atoms with Crippen molar-refractivity contribution in [2.24, 2.45) is 23.7 Å². The Kier molecular flexibility index (Phi) is 6.43. The largest absolute Gasteiger partial charge is 0.508 e. The Morgan fingerprint density at radius 2 is 1.72 bits per heavy atom. The van der Waals surface area contributed by atoms with Gasteiger partial charge in [-0.1, -0.05) is 42.5 Å². The van der Waals surface area contributed by atoms with Gasteiger partial charge in [0.25, 0.3) is 0 Å². The second kappa shape index (κ2) is 9.80. The maximum atomic E-state index is 13.8. The molecule has 1 saturated carbocycles. The summed E-state index contributed by atoms with van der Waals surface area (Å²) in [5, 5.41) is 41.3. The number of nitrogens with zero attached hydrogens (tertiary/aromatic N) is 1. The molecule has 0 unspecified atom stereocenters. The molecular weight excluding hydrogens is 501 g/mol. The van der Waals surface area contributed by atoms with E-state index in [0.717, 1.165) is 4.90 Å². The van der Waals surface area contributed by atoms with Crippen molar-refractivity contribution in [2.75, 3.05) is 11.5 Å². The van der Waals surface area contributed by atoms with Crippen molar-refractivity contribution in [2.45, 2.75) is 24.7 Å². The summed E-state index contributed by atoms with van der Waals surface area (Å²) in [5.41, 5.74) is 1.06. The van der Waals surface area contributed by atoms with Gasteiger partial charge in [0, 0.05) is 11.8 Å². The maximum Gasteiger partial charge on any atom is 0.488 e. The van der Waals surface area contributed by atoms with Crippen LogP contribution in [0.1, 0.15) is 24.5 Å². The summed E-state index contributed by atoms with van der Waals surface area (Å²) in [6.45, 7) is 0.0701. The molecule has 200 valence electrons. The van der Waals surface area contributed by atoms with Crippen LogP contribution < -0.4 is 15.1 Å². The predicted molar refractivity (Wildman–Crippen MR) is 141 cm³/mol. The second-order valence-corrected chi connectivity index (χ2v) is 10.5. The molecule has 39 heavy (non-hydrogen) atoms. The molecule has 3 aromatic carbocycles. The number of hydrogen-bond donors (Lipinski definition) is 4. The van der Waals surface area contributed by atoms with Crippen molar-refractivity contribution in [3.63, 3.8) is 0 Å². The Bertz CT molecular complexity index is 1400. The van der Waals surface area contributed by atoms with Crippen molar-refractivity contribution in [1.29, 1.82) is 0 Å². The number of rotatable bonds is 6. The number of benzene rings is 3. The molecule has 0 radical (unpaired) electrons. The van der Waals surface area contributed by atoms with E-state index in [-0.39, 0.29) is 36.3 Å². The van der Waals surface area contributed by atoms with Crippen molar-refractivity contribution in [1.82, 2.24) is 0 Å². The molecule has 3 aromatic rings. The number of phenolic OH excluding ortho intramolecular Hbond substituents is 1. The van der Waals surface area contributed by atoms with Crippen LogP contribution in [-0.2, 0) is 14.3 Å². The van der Waals surface area contributed by atoms with Crippen LogP contribution in [0.15, 0.2) is 78.9 Å². The van der Waals surface area contributed by atoms with Gasteiger partial charge in [0.1, 0.15) is 11.5 Å². The first-order valence-corrected chi connectivity index (χ1v) is 13.0. The van der Waals surface area contributed by atoms with Crippen LogP contribution in [0.4, 0.5) is 5.69 Å². The fraction of sp³-hybridized carbons (Fsp3) is 0.310. The van der Waals surface area contributed by atoms with Gasteiger partial charge in [0.2, 0.25) is 11.8 Å². The fourth-order valence-electron chi connectivity index (χ4n) is 6.40. The van der Waals surface area contributed by atoms with Crippen LogP contribution in [-0.4, -0.2) is 51.6 Å². The smallest absolute Gasteiger partial charge is 0.488 e. The topological polar surface area (TPSA) is 137 Å². The predicted octanol–water partition coefficient (Wildman–Crippen LogP) is 1.74. The number of ether oxygens (including phenoxy) is 2. The lowest BCUT2D eigenvalue weighted by Crippen LogP contribution is -2.55. The average Bonchev–Trinajstić information content (AvgIpc) is 3.41. The minimum absolute atomic E-state index is 0.0593. The first kappa shape index (κ1) is 25.6. The molecule has 9 nitrogen and oxygen atoms in total. The Morgan fingerprint density at radius 1 is 0.949 bits per heavy atom. The first-order chi connectivity index (χ1) is 18.8. The van der Waals surface area contributed by atoms with Gasteiger partial charge in [-0.15, -0.1) is 0 Å². The van der Waals surface area contributed by atoms with Crippen LogP contribution in [0, 0.1) is 23.7 Å². The molecule has 2 heterocycles. The summed E-state index contributed by atoms with van der Waals surface area (Å²) < 4.78 is 12.3. The summed E-state index contributed by atoms with van der Waals surface area (Å²) >= 11 is 0. The number of aliphatic hydroxyl groups is 1. The van der Waals surface area contributed by atoms with Gasteiger partial charge >= 0.3 is 7.12 Å². The molecule has 1 aliphatic carbocycles. The van der Waals surface area contributed by atoms with Gasteiger partial charge in [-0.05, 0) is 60.3 Å². The summed E-state index contributed by atoms with van der Waals surface area (Å²) in [4.78, 5) is 28.7. The highest BCUT2D eigenvalue weighted by atomic mass is 16.6. The first-order valence-electron chi connectivity index (χ1n) is 13.0. The standard InChI is InChI=1S/C29H28BNO8/c32-21-9-4-6-17(12-21)25-15-24-26-23(13-18(29(24,35)39-25)16-38-22-10-2-1-3-11-22)27(33)31(28(26)34)20-8-5-7-19(14-20)30(36)37/h1-12,14,18,23-26,32,35-37H,13,15-16H2/t18-,23+,24+,25+,26+,29-/m1/s1. The zero-order valence-electron chi connectivity index (χ0n) is 21.0. The SMILES string of the molecule is O=C1[C@H]2[C@H](C[C@H](COc3ccccc3)[C@@]3(O)O[C@H](c4cccc(O)c4)C[C@@H]23)C(=O)N1c1cccc(B(O)O)c1. The van der Waals surface area contributed by atoms with Crippen LogP contribution in [0.5, 0.6) is 11.5 Å². The fourth-order valence-corrected chi connectivity index (χ4v) is 6.40. The number of imide groups is 1. The van der Waals surface area contributed by atoms with Gasteiger partial charge in [-0.25, -0.2) is 0 Å². The number of hydrogen-bond acceptors (Lipinski definition) is 8. The minimum atomic E-state index is -1.75. The summed E-state index contributed by atoms with van der Waals surface area (Å²) in [6.07, 6.45) is -0.166. The van der Waals surface area contributed by atoms with Gasteiger partial charge in [-0.3, -0.25) is 14.5 Å². The Labute approximate surface area is 225 Å². The van der Waals surface area contributed by atoms with E-state index in [1.54, 1.807) is 48.5 Å². The van der Waals surface area contributed by atoms with Gasteiger partial charge < -0.3 is 29.7 Å². The van der Waals surface area contributed by atoms with Crippen molar-refractivity contribution in [3.8, 4) is 11.5 Å². The molecule has 6 rings (SSSR count). The summed E-state index contributed by atoms with van der Waals surface area (Å²) in [5.74, 6) is -4.80. The monoisotopic (exact) mass is 529 g/mol. The molecule has 3 aliphatic rings. The highest BCUT2D eigenvalue weighted by molar-refractivity contribution is 6.58. The van der Waals surface area contributed by atoms with Crippen molar-refractivity contribution in [3.05, 3.63) is 84.4 Å². The molecular formula is C29H28BNO8. The molecule has 6 atom stereocenters. The second-order valence-electron chi connectivity index (χ2n) is 10.5. The van der Waals surface area contributed by atoms with E-state index in [9.17, 15) is 29.9 Å². The molecule has 3 fully saturated rings. The molecule has 0 aromatic heterocycles. The third-order valence-corrected chi connectivity index (χ3v) is 8.23. The van der Waals surface area contributed by atoms with E-state index < -0.39 is 54.5 Å². The van der Waals surface area contributed by atoms with E-state index in [0.29, 0.717) is 11.3 Å². The number of carbonyl (C=O) groups excluding carboxylic acids is 2. The molecule has 2 aliphatic heterocycles. The number of aromatic hydroxyl groups is 1. The number of para-hydroxylation sites is 1. The van der Waals surface area contributed by atoms with Crippen molar-refractivity contribution < 1.29 is 39.3 Å². The molecule has 0 spiro atoms. The number of fused-ring (bicyclic) bond motifs is 3. The molecule has 0 bridgehead atoms. The lowest BCUT2D eigenvalue weighted by molar-refractivity contribution is -0.272. The summed E-state index contributed by atoms with van der Waals surface area (Å²) in [6, 6.07) is 21.7. The van der Waals surface area contributed by atoms with Gasteiger partial charge in [-0.2, -0.15) is 0 Å². The summed E-state index contributed by atoms with van der Waals surface area (Å²) in [7, 11) is -1.75. The zero-order chi connectivity index (χ0) is 27.3.